The fourth-order valence-corrected chi connectivity index (χ4v) is 4.02. The third kappa shape index (κ3) is 8.10. The van der Waals surface area contributed by atoms with Gasteiger partial charge in [-0.15, -0.1) is 0 Å². The summed E-state index contributed by atoms with van der Waals surface area (Å²) in [6, 6.07) is 7.84. The van der Waals surface area contributed by atoms with Crippen molar-refractivity contribution in [3.63, 3.8) is 0 Å². The molecule has 2 aromatic heterocycles. The van der Waals surface area contributed by atoms with Crippen molar-refractivity contribution in [3.8, 4) is 5.75 Å². The van der Waals surface area contributed by atoms with Crippen molar-refractivity contribution in [2.45, 2.75) is 51.7 Å². The molecule has 0 aliphatic heterocycles. The third-order valence-corrected chi connectivity index (χ3v) is 6.27. The highest BCUT2D eigenvalue weighted by atomic mass is 32.2. The van der Waals surface area contributed by atoms with Gasteiger partial charge in [-0.05, 0) is 37.0 Å². The van der Waals surface area contributed by atoms with Gasteiger partial charge in [0.05, 0.1) is 24.7 Å². The lowest BCUT2D eigenvalue weighted by Crippen LogP contribution is -2.31. The maximum absolute atomic E-state index is 12.3. The Bertz CT molecular complexity index is 1070. The van der Waals surface area contributed by atoms with Crippen molar-refractivity contribution in [2.24, 2.45) is 0 Å². The van der Waals surface area contributed by atoms with E-state index < -0.39 is 0 Å². The van der Waals surface area contributed by atoms with Gasteiger partial charge in [-0.1, -0.05) is 44.7 Å². The van der Waals surface area contributed by atoms with Crippen LogP contribution in [-0.4, -0.2) is 64.3 Å². The van der Waals surface area contributed by atoms with Crippen LogP contribution in [0.15, 0.2) is 35.6 Å². The molecule has 2 N–H and O–H groups in total. The molecular formula is C25H36N6O3S. The van der Waals surface area contributed by atoms with Gasteiger partial charge >= 0.3 is 0 Å². The van der Waals surface area contributed by atoms with Gasteiger partial charge in [-0.3, -0.25) is 4.79 Å². The molecule has 0 bridgehead atoms. The number of thioether (sulfide) groups is 1. The van der Waals surface area contributed by atoms with Crippen LogP contribution < -0.4 is 15.4 Å². The van der Waals surface area contributed by atoms with Crippen LogP contribution in [0.5, 0.6) is 5.75 Å². The Morgan fingerprint density at radius 3 is 2.66 bits per heavy atom. The summed E-state index contributed by atoms with van der Waals surface area (Å²) in [6.07, 6.45) is 2.80. The van der Waals surface area contributed by atoms with E-state index in [0.29, 0.717) is 49.7 Å². The first-order valence-corrected chi connectivity index (χ1v) is 13.2. The van der Waals surface area contributed by atoms with Gasteiger partial charge in [0.25, 0.3) is 5.91 Å². The smallest absolute Gasteiger partial charge is 0.258 e. The summed E-state index contributed by atoms with van der Waals surface area (Å²) >= 11 is 1.62. The lowest BCUT2D eigenvalue weighted by Gasteiger charge is -2.11. The Labute approximate surface area is 211 Å². The summed E-state index contributed by atoms with van der Waals surface area (Å²) in [7, 11) is 0. The Kier molecular flexibility index (Phi) is 10.6. The molecule has 0 aliphatic rings. The molecule has 0 radical (unpaired) electrons. The zero-order chi connectivity index (χ0) is 25.0. The van der Waals surface area contributed by atoms with Crippen LogP contribution in [0.1, 0.15) is 45.6 Å². The Morgan fingerprint density at radius 2 is 1.94 bits per heavy atom. The molecule has 0 aliphatic carbocycles. The Balaban J connectivity index is 1.57. The molecule has 0 fully saturated rings. The SMILES string of the molecule is CCCSc1nc(NCCOCC)c2cnn(CCNC(=O)COc3ccc(C(C)C)cc3)c2n1. The van der Waals surface area contributed by atoms with Crippen molar-refractivity contribution in [2.75, 3.05) is 44.0 Å². The van der Waals surface area contributed by atoms with Crippen LogP contribution in [0.3, 0.4) is 0 Å². The van der Waals surface area contributed by atoms with E-state index in [-0.39, 0.29) is 12.5 Å². The highest BCUT2D eigenvalue weighted by molar-refractivity contribution is 7.99. The van der Waals surface area contributed by atoms with Crippen molar-refractivity contribution in [3.05, 3.63) is 36.0 Å². The Hall–Kier alpha value is -2.85. The van der Waals surface area contributed by atoms with Crippen LogP contribution in [0.2, 0.25) is 0 Å². The van der Waals surface area contributed by atoms with E-state index in [0.717, 1.165) is 29.0 Å². The number of hydrogen-bond acceptors (Lipinski definition) is 8. The molecule has 0 atom stereocenters. The number of ether oxygens (including phenoxy) is 2. The predicted octanol–water partition coefficient (Wildman–Crippen LogP) is 4.10. The first kappa shape index (κ1) is 26.7. The number of benzene rings is 1. The number of hydrogen-bond donors (Lipinski definition) is 2. The predicted molar refractivity (Wildman–Crippen MR) is 140 cm³/mol. The van der Waals surface area contributed by atoms with Crippen molar-refractivity contribution in [1.29, 1.82) is 0 Å². The molecule has 10 heteroatoms. The first-order valence-electron chi connectivity index (χ1n) is 12.2. The standard InChI is InChI=1S/C25H36N6O3S/c1-5-15-35-25-29-23(27-12-14-33-6-2)21-16-28-31(24(21)30-25)13-11-26-22(32)17-34-20-9-7-19(8-10-20)18(3)4/h7-10,16,18H,5-6,11-15,17H2,1-4H3,(H,26,32)(H,27,29,30). The largest absolute Gasteiger partial charge is 0.484 e. The molecule has 190 valence electrons. The minimum atomic E-state index is -0.179. The Morgan fingerprint density at radius 1 is 1.14 bits per heavy atom. The molecule has 0 unspecified atom stereocenters. The first-order chi connectivity index (χ1) is 17.0. The minimum Gasteiger partial charge on any atom is -0.484 e. The molecule has 0 spiro atoms. The molecule has 0 saturated heterocycles. The number of amides is 1. The van der Waals surface area contributed by atoms with Gasteiger partial charge in [0.1, 0.15) is 11.6 Å². The number of rotatable bonds is 15. The molecule has 35 heavy (non-hydrogen) atoms. The van der Waals surface area contributed by atoms with E-state index in [1.54, 1.807) is 22.6 Å². The molecule has 3 rings (SSSR count). The molecular weight excluding hydrogens is 464 g/mol. The van der Waals surface area contributed by atoms with E-state index in [4.69, 9.17) is 14.5 Å². The lowest BCUT2D eigenvalue weighted by molar-refractivity contribution is -0.123. The van der Waals surface area contributed by atoms with Crippen LogP contribution in [0.4, 0.5) is 5.82 Å². The van der Waals surface area contributed by atoms with E-state index in [1.165, 1.54) is 5.56 Å². The number of nitrogens with one attached hydrogen (secondary N) is 2. The molecule has 1 amide bonds. The number of nitrogens with zero attached hydrogens (tertiary/aromatic N) is 4. The maximum Gasteiger partial charge on any atom is 0.258 e. The van der Waals surface area contributed by atoms with Crippen molar-refractivity contribution < 1.29 is 14.3 Å². The monoisotopic (exact) mass is 500 g/mol. The number of aromatic nitrogens is 4. The second-order valence-electron chi connectivity index (χ2n) is 8.29. The summed E-state index contributed by atoms with van der Waals surface area (Å²) in [5.74, 6) is 2.65. The van der Waals surface area contributed by atoms with Gasteiger partial charge in [0.2, 0.25) is 0 Å². The average Bonchev–Trinajstić information content (AvgIpc) is 3.27. The zero-order valence-electron chi connectivity index (χ0n) is 21.0. The average molecular weight is 501 g/mol. The summed E-state index contributed by atoms with van der Waals surface area (Å²) in [6.45, 7) is 11.2. The van der Waals surface area contributed by atoms with Crippen LogP contribution in [-0.2, 0) is 16.1 Å². The summed E-state index contributed by atoms with van der Waals surface area (Å²) in [5.41, 5.74) is 1.98. The quantitative estimate of drug-likeness (QED) is 0.183. The summed E-state index contributed by atoms with van der Waals surface area (Å²) in [5, 5.41) is 12.3. The van der Waals surface area contributed by atoms with Crippen LogP contribution in [0.25, 0.3) is 11.0 Å². The minimum absolute atomic E-state index is 0.0330. The van der Waals surface area contributed by atoms with Gasteiger partial charge in [0, 0.05) is 25.4 Å². The molecule has 9 nitrogen and oxygen atoms in total. The van der Waals surface area contributed by atoms with E-state index in [9.17, 15) is 4.79 Å². The van der Waals surface area contributed by atoms with E-state index >= 15 is 0 Å². The molecule has 3 aromatic rings. The van der Waals surface area contributed by atoms with E-state index in [2.05, 4.69) is 41.5 Å². The second kappa shape index (κ2) is 13.9. The third-order valence-electron chi connectivity index (χ3n) is 5.22. The fourth-order valence-electron chi connectivity index (χ4n) is 3.33. The number of fused-ring (bicyclic) bond motifs is 1. The van der Waals surface area contributed by atoms with Gasteiger partial charge in [-0.2, -0.15) is 5.10 Å². The van der Waals surface area contributed by atoms with Crippen molar-refractivity contribution in [1.82, 2.24) is 25.1 Å². The highest BCUT2D eigenvalue weighted by Gasteiger charge is 2.14. The van der Waals surface area contributed by atoms with Gasteiger partial charge in [-0.25, -0.2) is 14.6 Å². The van der Waals surface area contributed by atoms with Crippen LogP contribution in [0, 0.1) is 0 Å². The van der Waals surface area contributed by atoms with Gasteiger partial charge < -0.3 is 20.1 Å². The summed E-state index contributed by atoms with van der Waals surface area (Å²) < 4.78 is 12.8. The normalized spacial score (nSPS) is 11.2. The van der Waals surface area contributed by atoms with Gasteiger partial charge in [0.15, 0.2) is 17.4 Å². The van der Waals surface area contributed by atoms with Crippen molar-refractivity contribution >= 4 is 34.5 Å². The lowest BCUT2D eigenvalue weighted by atomic mass is 10.0. The number of carbonyl (C=O) groups is 1. The number of carbonyl (C=O) groups excluding carboxylic acids is 1. The zero-order valence-corrected chi connectivity index (χ0v) is 21.9. The fraction of sp³-hybridized carbons (Fsp3) is 0.520. The maximum atomic E-state index is 12.3. The summed E-state index contributed by atoms with van der Waals surface area (Å²) in [4.78, 5) is 21.7. The highest BCUT2D eigenvalue weighted by Crippen LogP contribution is 2.24. The molecule has 0 saturated carbocycles. The van der Waals surface area contributed by atoms with Crippen LogP contribution >= 0.6 is 11.8 Å². The topological polar surface area (TPSA) is 103 Å². The molecule has 2 heterocycles. The number of anilines is 1. The second-order valence-corrected chi connectivity index (χ2v) is 9.36. The molecule has 1 aromatic carbocycles. The van der Waals surface area contributed by atoms with E-state index in [1.807, 2.05) is 31.2 Å².